The molecule has 1 fully saturated rings. The molecule has 0 radical (unpaired) electrons. The van der Waals surface area contributed by atoms with Crippen LogP contribution in [0.2, 0.25) is 0 Å². The summed E-state index contributed by atoms with van der Waals surface area (Å²) in [5.74, 6) is -0.0674. The predicted molar refractivity (Wildman–Crippen MR) is 53.9 cm³/mol. The number of nitrogens with one attached hydrogen (secondary N) is 1. The zero-order chi connectivity index (χ0) is 11.3. The lowest BCUT2D eigenvalue weighted by atomic mass is 10.1. The number of halogens is 2. The van der Waals surface area contributed by atoms with E-state index in [0.29, 0.717) is 0 Å². The van der Waals surface area contributed by atoms with Crippen LogP contribution in [-0.2, 0) is 4.79 Å². The van der Waals surface area contributed by atoms with Gasteiger partial charge in [0.15, 0.2) is 0 Å². The number of alkyl halides is 2. The van der Waals surface area contributed by atoms with Crippen LogP contribution in [0.15, 0.2) is 0 Å². The highest BCUT2D eigenvalue weighted by Gasteiger charge is 2.19. The van der Waals surface area contributed by atoms with Crippen LogP contribution in [0.3, 0.4) is 0 Å². The average molecular weight is 220 g/mol. The fourth-order valence-corrected chi connectivity index (χ4v) is 1.59. The summed E-state index contributed by atoms with van der Waals surface area (Å²) in [5.41, 5.74) is 0. The first kappa shape index (κ1) is 12.4. The molecule has 0 aromatic rings. The molecule has 1 aliphatic rings. The highest BCUT2D eigenvalue weighted by molar-refractivity contribution is 5.78. The summed E-state index contributed by atoms with van der Waals surface area (Å²) < 4.78 is 24.3. The lowest BCUT2D eigenvalue weighted by Crippen LogP contribution is -2.44. The summed E-state index contributed by atoms with van der Waals surface area (Å²) in [7, 11) is 0. The normalized spacial score (nSPS) is 19.3. The van der Waals surface area contributed by atoms with E-state index < -0.39 is 12.5 Å². The van der Waals surface area contributed by atoms with Crippen molar-refractivity contribution in [2.75, 3.05) is 19.6 Å². The molecule has 1 amide bonds. The first-order chi connectivity index (χ1) is 7.11. The van der Waals surface area contributed by atoms with Crippen molar-refractivity contribution in [2.45, 2.75) is 38.7 Å². The molecule has 15 heavy (non-hydrogen) atoms. The summed E-state index contributed by atoms with van der Waals surface area (Å²) in [4.78, 5) is 13.3. The highest BCUT2D eigenvalue weighted by Crippen LogP contribution is 2.08. The second-order valence-electron chi connectivity index (χ2n) is 3.95. The minimum absolute atomic E-state index is 0.0194. The Balaban J connectivity index is 2.22. The van der Waals surface area contributed by atoms with Crippen molar-refractivity contribution in [2.24, 2.45) is 0 Å². The van der Waals surface area contributed by atoms with E-state index >= 15 is 0 Å². The standard InChI is InChI=1S/C10H18F2N2O/c1-8(10(11)12)13-7-9(15)14-5-3-2-4-6-14/h8,10,13H,2-7H2,1H3. The SMILES string of the molecule is CC(NCC(=O)N1CCCCC1)C(F)F. The van der Waals surface area contributed by atoms with Gasteiger partial charge in [0, 0.05) is 13.1 Å². The lowest BCUT2D eigenvalue weighted by molar-refractivity contribution is -0.131. The first-order valence-corrected chi connectivity index (χ1v) is 5.40. The summed E-state index contributed by atoms with van der Waals surface area (Å²) in [6, 6.07) is -0.918. The molecule has 3 nitrogen and oxygen atoms in total. The van der Waals surface area contributed by atoms with Crippen LogP contribution in [0.5, 0.6) is 0 Å². The molecule has 1 heterocycles. The van der Waals surface area contributed by atoms with Crippen molar-refractivity contribution in [3.63, 3.8) is 0 Å². The summed E-state index contributed by atoms with van der Waals surface area (Å²) in [6.07, 6.45) is 0.788. The van der Waals surface area contributed by atoms with Gasteiger partial charge in [-0.3, -0.25) is 4.79 Å². The van der Waals surface area contributed by atoms with Crippen molar-refractivity contribution in [1.82, 2.24) is 10.2 Å². The topological polar surface area (TPSA) is 32.3 Å². The molecular weight excluding hydrogens is 202 g/mol. The van der Waals surface area contributed by atoms with Crippen LogP contribution < -0.4 is 5.32 Å². The van der Waals surface area contributed by atoms with E-state index in [-0.39, 0.29) is 12.5 Å². The van der Waals surface area contributed by atoms with Gasteiger partial charge in [-0.2, -0.15) is 0 Å². The highest BCUT2D eigenvalue weighted by atomic mass is 19.3. The van der Waals surface area contributed by atoms with E-state index in [4.69, 9.17) is 0 Å². The molecule has 1 atom stereocenters. The number of likely N-dealkylation sites (tertiary alicyclic amines) is 1. The van der Waals surface area contributed by atoms with Crippen molar-refractivity contribution in [1.29, 1.82) is 0 Å². The molecular formula is C10H18F2N2O. The molecule has 1 N–H and O–H groups in total. The van der Waals surface area contributed by atoms with Crippen LogP contribution in [0.1, 0.15) is 26.2 Å². The molecule has 0 spiro atoms. The van der Waals surface area contributed by atoms with Crippen molar-refractivity contribution < 1.29 is 13.6 Å². The van der Waals surface area contributed by atoms with Gasteiger partial charge in [0.2, 0.25) is 5.91 Å². The molecule has 0 bridgehead atoms. The zero-order valence-corrected chi connectivity index (χ0v) is 9.01. The van der Waals surface area contributed by atoms with Gasteiger partial charge in [-0.15, -0.1) is 0 Å². The summed E-state index contributed by atoms with van der Waals surface area (Å²) in [5, 5.41) is 2.54. The molecule has 1 aliphatic heterocycles. The number of piperidine rings is 1. The Labute approximate surface area is 88.8 Å². The third kappa shape index (κ3) is 4.11. The van der Waals surface area contributed by atoms with E-state index in [1.165, 1.54) is 6.92 Å². The third-order valence-corrected chi connectivity index (χ3v) is 2.66. The molecule has 1 saturated heterocycles. The first-order valence-electron chi connectivity index (χ1n) is 5.40. The average Bonchev–Trinajstić information content (AvgIpc) is 2.26. The molecule has 0 aromatic heterocycles. The van der Waals surface area contributed by atoms with Crippen molar-refractivity contribution in [3.05, 3.63) is 0 Å². The van der Waals surface area contributed by atoms with E-state index in [2.05, 4.69) is 5.32 Å². The monoisotopic (exact) mass is 220 g/mol. The van der Waals surface area contributed by atoms with Gasteiger partial charge in [-0.05, 0) is 26.2 Å². The largest absolute Gasteiger partial charge is 0.342 e. The number of rotatable bonds is 4. The van der Waals surface area contributed by atoms with Gasteiger partial charge in [0.1, 0.15) is 0 Å². The van der Waals surface area contributed by atoms with Gasteiger partial charge in [0.05, 0.1) is 12.6 Å². The van der Waals surface area contributed by atoms with E-state index in [1.54, 1.807) is 4.90 Å². The Morgan fingerprint density at radius 2 is 1.93 bits per heavy atom. The van der Waals surface area contributed by atoms with Crippen LogP contribution in [0, 0.1) is 0 Å². The van der Waals surface area contributed by atoms with Crippen LogP contribution in [-0.4, -0.2) is 42.9 Å². The maximum absolute atomic E-state index is 12.1. The second kappa shape index (κ2) is 6.00. The van der Waals surface area contributed by atoms with Gasteiger partial charge in [0.25, 0.3) is 6.43 Å². The quantitative estimate of drug-likeness (QED) is 0.773. The minimum Gasteiger partial charge on any atom is -0.342 e. The Morgan fingerprint density at radius 1 is 1.33 bits per heavy atom. The number of hydrogen-bond donors (Lipinski definition) is 1. The lowest BCUT2D eigenvalue weighted by Gasteiger charge is -2.27. The molecule has 0 saturated carbocycles. The van der Waals surface area contributed by atoms with E-state index in [1.807, 2.05) is 0 Å². The fraction of sp³-hybridized carbons (Fsp3) is 0.900. The minimum atomic E-state index is -2.42. The molecule has 0 aromatic carbocycles. The Hall–Kier alpha value is -0.710. The summed E-state index contributed by atoms with van der Waals surface area (Å²) >= 11 is 0. The number of nitrogens with zero attached hydrogens (tertiary/aromatic N) is 1. The maximum Gasteiger partial charge on any atom is 0.253 e. The number of amides is 1. The van der Waals surface area contributed by atoms with Gasteiger partial charge < -0.3 is 10.2 Å². The van der Waals surface area contributed by atoms with Crippen LogP contribution in [0.4, 0.5) is 8.78 Å². The third-order valence-electron chi connectivity index (χ3n) is 2.66. The molecule has 0 aliphatic carbocycles. The number of hydrogen-bond acceptors (Lipinski definition) is 2. The van der Waals surface area contributed by atoms with Gasteiger partial charge in [-0.25, -0.2) is 8.78 Å². The Morgan fingerprint density at radius 3 is 2.47 bits per heavy atom. The van der Waals surface area contributed by atoms with Crippen molar-refractivity contribution in [3.8, 4) is 0 Å². The Bertz CT molecular complexity index is 206. The second-order valence-corrected chi connectivity index (χ2v) is 3.95. The fourth-order valence-electron chi connectivity index (χ4n) is 1.59. The van der Waals surface area contributed by atoms with Crippen LogP contribution in [0.25, 0.3) is 0 Å². The molecule has 88 valence electrons. The Kier molecular flexibility index (Phi) is 4.94. The molecule has 1 unspecified atom stereocenters. The smallest absolute Gasteiger partial charge is 0.253 e. The van der Waals surface area contributed by atoms with Crippen LogP contribution >= 0.6 is 0 Å². The maximum atomic E-state index is 12.1. The van der Waals surface area contributed by atoms with E-state index in [9.17, 15) is 13.6 Å². The van der Waals surface area contributed by atoms with Gasteiger partial charge >= 0.3 is 0 Å². The molecule has 1 rings (SSSR count). The summed E-state index contributed by atoms with van der Waals surface area (Å²) in [6.45, 7) is 2.94. The zero-order valence-electron chi connectivity index (χ0n) is 9.01. The predicted octanol–water partition coefficient (Wildman–Crippen LogP) is 1.24. The van der Waals surface area contributed by atoms with Gasteiger partial charge in [-0.1, -0.05) is 0 Å². The van der Waals surface area contributed by atoms with E-state index in [0.717, 1.165) is 32.4 Å². The molecule has 5 heteroatoms. The number of carbonyl (C=O) groups excluding carboxylic acids is 1. The number of carbonyl (C=O) groups is 1. The van der Waals surface area contributed by atoms with Crippen molar-refractivity contribution >= 4 is 5.91 Å².